The Bertz CT molecular complexity index is 1650. The van der Waals surface area contributed by atoms with Crippen molar-refractivity contribution in [2.45, 2.75) is 13.2 Å². The van der Waals surface area contributed by atoms with Gasteiger partial charge in [-0.05, 0) is 48.0 Å². The summed E-state index contributed by atoms with van der Waals surface area (Å²) in [5.41, 5.74) is 4.43. The molecule has 39 heavy (non-hydrogen) atoms. The first-order chi connectivity index (χ1) is 19.1. The van der Waals surface area contributed by atoms with Crippen LogP contribution >= 0.6 is 24.0 Å². The van der Waals surface area contributed by atoms with Gasteiger partial charge in [0, 0.05) is 17.3 Å². The summed E-state index contributed by atoms with van der Waals surface area (Å²) in [6.07, 6.45) is 5.38. The SMILES string of the molecule is O=C1/C(=C/c2cn(-c3ccccc3)nc2-c2cccc(OCc3ccccc3)c2)SC(=S)N1Cc1ccco1. The van der Waals surface area contributed by atoms with Crippen molar-refractivity contribution in [2.75, 3.05) is 0 Å². The number of rotatable bonds is 8. The lowest BCUT2D eigenvalue weighted by atomic mass is 10.1. The van der Waals surface area contributed by atoms with E-state index in [4.69, 9.17) is 26.5 Å². The lowest BCUT2D eigenvalue weighted by molar-refractivity contribution is -0.122. The summed E-state index contributed by atoms with van der Waals surface area (Å²) in [6, 6.07) is 31.4. The van der Waals surface area contributed by atoms with Crippen LogP contribution in [0.1, 0.15) is 16.9 Å². The number of carbonyl (C=O) groups excluding carboxylic acids is 1. The van der Waals surface area contributed by atoms with Gasteiger partial charge in [-0.3, -0.25) is 9.69 Å². The van der Waals surface area contributed by atoms with Crippen LogP contribution in [0, 0.1) is 0 Å². The molecule has 0 bridgehead atoms. The molecule has 5 aromatic rings. The molecule has 0 unspecified atom stereocenters. The first-order valence-electron chi connectivity index (χ1n) is 12.3. The number of amides is 1. The van der Waals surface area contributed by atoms with Gasteiger partial charge in [-0.25, -0.2) is 4.68 Å². The van der Waals surface area contributed by atoms with E-state index in [1.54, 1.807) is 17.2 Å². The number of furan rings is 1. The molecule has 0 N–H and O–H groups in total. The van der Waals surface area contributed by atoms with Crippen molar-refractivity contribution in [3.8, 4) is 22.7 Å². The summed E-state index contributed by atoms with van der Waals surface area (Å²) in [6.45, 7) is 0.764. The van der Waals surface area contributed by atoms with Gasteiger partial charge < -0.3 is 9.15 Å². The fraction of sp³-hybridized carbons (Fsp3) is 0.0645. The van der Waals surface area contributed by atoms with E-state index in [1.807, 2.05) is 108 Å². The summed E-state index contributed by atoms with van der Waals surface area (Å²) in [5.74, 6) is 1.26. The summed E-state index contributed by atoms with van der Waals surface area (Å²) >= 11 is 6.81. The van der Waals surface area contributed by atoms with Gasteiger partial charge in [-0.15, -0.1) is 0 Å². The van der Waals surface area contributed by atoms with Gasteiger partial charge in [0.25, 0.3) is 5.91 Å². The van der Waals surface area contributed by atoms with E-state index in [0.717, 1.165) is 33.8 Å². The maximum Gasteiger partial charge on any atom is 0.266 e. The predicted octanol–water partition coefficient (Wildman–Crippen LogP) is 7.11. The predicted molar refractivity (Wildman–Crippen MR) is 157 cm³/mol. The third-order valence-electron chi connectivity index (χ3n) is 6.17. The van der Waals surface area contributed by atoms with Gasteiger partial charge in [-0.2, -0.15) is 5.10 Å². The Morgan fingerprint density at radius 1 is 0.949 bits per heavy atom. The van der Waals surface area contributed by atoms with E-state index in [2.05, 4.69) is 0 Å². The lowest BCUT2D eigenvalue weighted by Gasteiger charge is -2.11. The van der Waals surface area contributed by atoms with Gasteiger partial charge in [0.1, 0.15) is 28.1 Å². The van der Waals surface area contributed by atoms with Crippen LogP contribution in [0.3, 0.4) is 0 Å². The quantitative estimate of drug-likeness (QED) is 0.152. The second-order valence-corrected chi connectivity index (χ2v) is 10.5. The minimum absolute atomic E-state index is 0.153. The molecule has 1 saturated heterocycles. The molecule has 0 radical (unpaired) electrons. The second kappa shape index (κ2) is 11.1. The number of thioether (sulfide) groups is 1. The molecule has 1 amide bonds. The molecule has 8 heteroatoms. The van der Waals surface area contributed by atoms with Crippen LogP contribution in [-0.2, 0) is 17.9 Å². The van der Waals surface area contributed by atoms with Gasteiger partial charge in [-0.1, -0.05) is 84.6 Å². The highest BCUT2D eigenvalue weighted by molar-refractivity contribution is 8.26. The fourth-order valence-corrected chi connectivity index (χ4v) is 5.49. The van der Waals surface area contributed by atoms with E-state index in [1.165, 1.54) is 11.8 Å². The Balaban J connectivity index is 1.34. The number of thiocarbonyl (C=S) groups is 1. The topological polar surface area (TPSA) is 60.5 Å². The number of hydrogen-bond acceptors (Lipinski definition) is 6. The van der Waals surface area contributed by atoms with E-state index < -0.39 is 0 Å². The van der Waals surface area contributed by atoms with E-state index >= 15 is 0 Å². The van der Waals surface area contributed by atoms with Crippen LogP contribution in [0.2, 0.25) is 0 Å². The Kier molecular flexibility index (Phi) is 7.12. The highest BCUT2D eigenvalue weighted by Gasteiger charge is 2.33. The van der Waals surface area contributed by atoms with Crippen LogP contribution < -0.4 is 4.74 Å². The number of para-hydroxylation sites is 1. The molecule has 0 atom stereocenters. The van der Waals surface area contributed by atoms with Crippen LogP contribution in [0.5, 0.6) is 5.75 Å². The molecule has 192 valence electrons. The second-order valence-electron chi connectivity index (χ2n) is 8.86. The molecular weight excluding hydrogens is 526 g/mol. The molecule has 6 nitrogen and oxygen atoms in total. The minimum atomic E-state index is -0.153. The molecule has 1 aliphatic rings. The molecule has 0 spiro atoms. The first-order valence-corrected chi connectivity index (χ1v) is 13.6. The number of aromatic nitrogens is 2. The van der Waals surface area contributed by atoms with Crippen molar-refractivity contribution in [1.82, 2.24) is 14.7 Å². The van der Waals surface area contributed by atoms with E-state index in [0.29, 0.717) is 28.1 Å². The standard InChI is InChI=1S/C31H23N3O3S2/c35-30-28(39-31(38)33(30)20-27-15-8-16-36-27)18-24-19-34(25-12-5-2-6-13-25)32-29(24)23-11-7-14-26(17-23)37-21-22-9-3-1-4-10-22/h1-19H,20-21H2/b28-18-. The number of nitrogens with zero attached hydrogens (tertiary/aromatic N) is 3. The maximum absolute atomic E-state index is 13.3. The largest absolute Gasteiger partial charge is 0.489 e. The molecule has 3 aromatic carbocycles. The van der Waals surface area contributed by atoms with Crippen LogP contribution in [-0.4, -0.2) is 24.9 Å². The zero-order chi connectivity index (χ0) is 26.6. The monoisotopic (exact) mass is 549 g/mol. The van der Waals surface area contributed by atoms with Crippen molar-refractivity contribution in [3.05, 3.63) is 131 Å². The number of ether oxygens (including phenoxy) is 1. The smallest absolute Gasteiger partial charge is 0.266 e. The van der Waals surface area contributed by atoms with Gasteiger partial charge >= 0.3 is 0 Å². The van der Waals surface area contributed by atoms with Crippen molar-refractivity contribution in [2.24, 2.45) is 0 Å². The Morgan fingerprint density at radius 3 is 2.51 bits per heavy atom. The Hall–Kier alpha value is -4.40. The summed E-state index contributed by atoms with van der Waals surface area (Å²) in [5, 5.41) is 4.91. The molecular formula is C31H23N3O3S2. The first kappa shape index (κ1) is 24.9. The summed E-state index contributed by atoms with van der Waals surface area (Å²) in [7, 11) is 0. The molecule has 3 heterocycles. The minimum Gasteiger partial charge on any atom is -0.489 e. The molecule has 0 saturated carbocycles. The van der Waals surface area contributed by atoms with Crippen molar-refractivity contribution in [1.29, 1.82) is 0 Å². The normalized spacial score (nSPS) is 14.4. The highest BCUT2D eigenvalue weighted by atomic mass is 32.2. The average molecular weight is 550 g/mol. The van der Waals surface area contributed by atoms with Gasteiger partial charge in [0.2, 0.25) is 0 Å². The molecule has 1 fully saturated rings. The average Bonchev–Trinajstić information content (AvgIpc) is 3.71. The number of hydrogen-bond donors (Lipinski definition) is 0. The van der Waals surface area contributed by atoms with E-state index in [9.17, 15) is 4.79 Å². The Morgan fingerprint density at radius 2 is 1.74 bits per heavy atom. The molecule has 1 aliphatic heterocycles. The van der Waals surface area contributed by atoms with Crippen LogP contribution in [0.25, 0.3) is 23.0 Å². The number of carbonyl (C=O) groups is 1. The number of benzene rings is 3. The zero-order valence-corrected chi connectivity index (χ0v) is 22.4. The van der Waals surface area contributed by atoms with Crippen molar-refractivity contribution < 1.29 is 13.9 Å². The fourth-order valence-electron chi connectivity index (χ4n) is 4.24. The summed E-state index contributed by atoms with van der Waals surface area (Å²) < 4.78 is 13.8. The highest BCUT2D eigenvalue weighted by Crippen LogP contribution is 2.36. The lowest BCUT2D eigenvalue weighted by Crippen LogP contribution is -2.27. The van der Waals surface area contributed by atoms with Gasteiger partial charge in [0.15, 0.2) is 0 Å². The van der Waals surface area contributed by atoms with Crippen LogP contribution in [0.4, 0.5) is 0 Å². The molecule has 2 aromatic heterocycles. The van der Waals surface area contributed by atoms with E-state index in [-0.39, 0.29) is 5.91 Å². The van der Waals surface area contributed by atoms with Crippen molar-refractivity contribution >= 4 is 40.3 Å². The zero-order valence-electron chi connectivity index (χ0n) is 20.8. The third-order valence-corrected chi connectivity index (χ3v) is 7.55. The summed E-state index contributed by atoms with van der Waals surface area (Å²) in [4.78, 5) is 15.4. The Labute approximate surface area is 235 Å². The molecule has 6 rings (SSSR count). The van der Waals surface area contributed by atoms with Gasteiger partial charge in [0.05, 0.1) is 23.4 Å². The van der Waals surface area contributed by atoms with Crippen molar-refractivity contribution in [3.63, 3.8) is 0 Å². The maximum atomic E-state index is 13.3. The van der Waals surface area contributed by atoms with Crippen LogP contribution in [0.15, 0.2) is 119 Å². The molecule has 0 aliphatic carbocycles. The third kappa shape index (κ3) is 5.57.